The normalized spacial score (nSPS) is 14.0. The van der Waals surface area contributed by atoms with E-state index in [1.807, 2.05) is 0 Å². The number of halogens is 3. The minimum Gasteiger partial charge on any atom is -0.206 e. The molecule has 0 radical (unpaired) electrons. The van der Waals surface area contributed by atoms with Crippen LogP contribution in [0.15, 0.2) is 0 Å². The third-order valence-corrected chi connectivity index (χ3v) is 2.71. The summed E-state index contributed by atoms with van der Waals surface area (Å²) in [7, 11) is -12.0. The Bertz CT molecular complexity index is 267. The minimum absolute atomic E-state index is 4.12. The van der Waals surface area contributed by atoms with Crippen LogP contribution in [0.3, 0.4) is 0 Å². The second kappa shape index (κ2) is 2.38. The summed E-state index contributed by atoms with van der Waals surface area (Å²) in [5.74, 6) is 0. The van der Waals surface area contributed by atoms with Crippen molar-refractivity contribution in [1.29, 1.82) is 0 Å². The predicted octanol–water partition coefficient (Wildman–Crippen LogP) is -0.162. The maximum Gasteiger partial charge on any atom is 0.357 e. The van der Waals surface area contributed by atoms with Gasteiger partial charge in [0.15, 0.2) is 0 Å². The highest BCUT2D eigenvalue weighted by Crippen LogP contribution is 2.14. The summed E-state index contributed by atoms with van der Waals surface area (Å²) in [6.45, 7) is 0. The van der Waals surface area contributed by atoms with Gasteiger partial charge in [-0.05, 0) is 0 Å². The molecule has 0 saturated heterocycles. The van der Waals surface area contributed by atoms with Crippen LogP contribution in [-0.4, -0.2) is 21.7 Å². The fourth-order valence-electron chi connectivity index (χ4n) is 0.137. The van der Waals surface area contributed by atoms with Crippen molar-refractivity contribution < 1.29 is 29.0 Å². The molecule has 0 aromatic carbocycles. The van der Waals surface area contributed by atoms with Crippen molar-refractivity contribution in [2.75, 3.05) is 0 Å². The molecule has 0 saturated carbocycles. The molecule has 0 heterocycles. The van der Waals surface area contributed by atoms with Gasteiger partial charge in [0, 0.05) is 0 Å². The lowest BCUT2D eigenvalue weighted by atomic mass is 11.8. The molecule has 0 rings (SSSR count). The van der Waals surface area contributed by atoms with Crippen molar-refractivity contribution in [3.8, 4) is 0 Å². The third-order valence-electron chi connectivity index (χ3n) is 0.443. The molecule has 4 nitrogen and oxygen atoms in total. The molecule has 0 fully saturated rings. The minimum atomic E-state index is -5.99. The molecule has 9 heteroatoms. The number of rotatable bonds is 2. The van der Waals surface area contributed by atoms with Crippen molar-refractivity contribution >= 4 is 20.4 Å². The average Bonchev–Trinajstić information content (AvgIpc) is 1.59. The van der Waals surface area contributed by atoms with Gasteiger partial charge < -0.3 is 0 Å². The fourth-order valence-corrected chi connectivity index (χ4v) is 1.24. The van der Waals surface area contributed by atoms with E-state index in [9.17, 15) is 29.0 Å². The van der Waals surface area contributed by atoms with Crippen molar-refractivity contribution in [3.63, 3.8) is 0 Å². The van der Waals surface area contributed by atoms with Crippen LogP contribution < -0.4 is 0 Å². The summed E-state index contributed by atoms with van der Waals surface area (Å²) in [5, 5.41) is 0. The SMILES string of the molecule is O=S(=O)(F)C(F)S(=O)(=O)F. The van der Waals surface area contributed by atoms with Crippen LogP contribution >= 0.6 is 0 Å². The molecule has 62 valence electrons. The van der Waals surface area contributed by atoms with Gasteiger partial charge in [-0.25, -0.2) is 4.39 Å². The number of hydrogen-bond acceptors (Lipinski definition) is 4. The maximum absolute atomic E-state index is 11.5. The van der Waals surface area contributed by atoms with Crippen molar-refractivity contribution in [2.45, 2.75) is 4.84 Å². The summed E-state index contributed by atoms with van der Waals surface area (Å²) >= 11 is 0. The van der Waals surface area contributed by atoms with E-state index in [2.05, 4.69) is 0 Å². The predicted molar refractivity (Wildman–Crippen MR) is 25.0 cm³/mol. The Morgan fingerprint density at radius 3 is 1.10 bits per heavy atom. The first-order valence-electron chi connectivity index (χ1n) is 1.66. The lowest BCUT2D eigenvalue weighted by Crippen LogP contribution is -2.18. The Balaban J connectivity index is 4.94. The van der Waals surface area contributed by atoms with Gasteiger partial charge in [-0.15, -0.1) is 7.77 Å². The number of hydrogen-bond donors (Lipinski definition) is 0. The molecule has 0 spiro atoms. The molecule has 0 aromatic rings. The molecule has 0 N–H and O–H groups in total. The smallest absolute Gasteiger partial charge is 0.206 e. The molecule has 0 aromatic heterocycles. The summed E-state index contributed by atoms with van der Waals surface area (Å²) < 4.78 is 71.3. The van der Waals surface area contributed by atoms with E-state index in [-0.39, 0.29) is 0 Å². The Morgan fingerprint density at radius 2 is 1.10 bits per heavy atom. The van der Waals surface area contributed by atoms with E-state index in [0.717, 1.165) is 0 Å². The molecule has 0 unspecified atom stereocenters. The van der Waals surface area contributed by atoms with Gasteiger partial charge in [0.05, 0.1) is 0 Å². The summed E-state index contributed by atoms with van der Waals surface area (Å²) in [6, 6.07) is 0. The van der Waals surface area contributed by atoms with Gasteiger partial charge in [-0.1, -0.05) is 0 Å². The van der Waals surface area contributed by atoms with Crippen LogP contribution in [0.25, 0.3) is 0 Å². The Labute approximate surface area is 55.1 Å². The van der Waals surface area contributed by atoms with E-state index in [4.69, 9.17) is 0 Å². The third kappa shape index (κ3) is 2.52. The zero-order chi connectivity index (χ0) is 8.58. The van der Waals surface area contributed by atoms with Crippen LogP contribution in [0.4, 0.5) is 12.2 Å². The second-order valence-electron chi connectivity index (χ2n) is 1.23. The fraction of sp³-hybridized carbons (Fsp3) is 1.00. The lowest BCUT2D eigenvalue weighted by molar-refractivity contribution is 0.439. The molecular formula is CHF3O4S2. The topological polar surface area (TPSA) is 68.3 Å². The molecular weight excluding hydrogens is 197 g/mol. The first kappa shape index (κ1) is 9.69. The highest BCUT2D eigenvalue weighted by Gasteiger charge is 2.38. The standard InChI is InChI=1S/CHF3O4S2/c2-1(9(3,5)6)10(4,7)8/h1H. The van der Waals surface area contributed by atoms with E-state index in [1.54, 1.807) is 0 Å². The molecule has 0 amide bonds. The number of alkyl halides is 1. The highest BCUT2D eigenvalue weighted by atomic mass is 32.3. The van der Waals surface area contributed by atoms with Gasteiger partial charge in [-0.2, -0.15) is 16.8 Å². The largest absolute Gasteiger partial charge is 0.357 e. The van der Waals surface area contributed by atoms with Crippen molar-refractivity contribution in [3.05, 3.63) is 0 Å². The van der Waals surface area contributed by atoms with Crippen LogP contribution in [-0.2, 0) is 20.4 Å². The van der Waals surface area contributed by atoms with Gasteiger partial charge in [0.1, 0.15) is 0 Å². The maximum atomic E-state index is 11.5. The van der Waals surface area contributed by atoms with Crippen LogP contribution in [0.2, 0.25) is 0 Å². The van der Waals surface area contributed by atoms with Gasteiger partial charge in [0.2, 0.25) is 0 Å². The van der Waals surface area contributed by atoms with Crippen LogP contribution in [0.1, 0.15) is 0 Å². The second-order valence-corrected chi connectivity index (χ2v) is 4.25. The zero-order valence-electron chi connectivity index (χ0n) is 4.16. The van der Waals surface area contributed by atoms with Crippen molar-refractivity contribution in [1.82, 2.24) is 0 Å². The average molecular weight is 198 g/mol. The van der Waals surface area contributed by atoms with E-state index >= 15 is 0 Å². The van der Waals surface area contributed by atoms with Gasteiger partial charge >= 0.3 is 25.3 Å². The van der Waals surface area contributed by atoms with Crippen LogP contribution in [0, 0.1) is 0 Å². The van der Waals surface area contributed by atoms with E-state index < -0.39 is 25.3 Å². The summed E-state index contributed by atoms with van der Waals surface area (Å²) in [5.41, 5.74) is 0. The first-order chi connectivity index (χ1) is 4.15. The first-order valence-corrected chi connectivity index (χ1v) is 4.56. The highest BCUT2D eigenvalue weighted by molar-refractivity contribution is 8.04. The molecule has 0 aliphatic heterocycles. The molecule has 0 atom stereocenters. The lowest BCUT2D eigenvalue weighted by Gasteiger charge is -1.93. The Hall–Kier alpha value is -0.310. The molecule has 0 aliphatic carbocycles. The monoisotopic (exact) mass is 198 g/mol. The summed E-state index contributed by atoms with van der Waals surface area (Å²) in [4.78, 5) is -4.12. The van der Waals surface area contributed by atoms with E-state index in [0.29, 0.717) is 0 Å². The molecule has 10 heavy (non-hydrogen) atoms. The Morgan fingerprint density at radius 1 is 0.900 bits per heavy atom. The summed E-state index contributed by atoms with van der Waals surface area (Å²) in [6.07, 6.45) is 0. The van der Waals surface area contributed by atoms with Crippen molar-refractivity contribution in [2.24, 2.45) is 0 Å². The van der Waals surface area contributed by atoms with Gasteiger partial charge in [-0.3, -0.25) is 0 Å². The van der Waals surface area contributed by atoms with Gasteiger partial charge in [0.25, 0.3) is 0 Å². The quantitative estimate of drug-likeness (QED) is 0.578. The molecule has 0 bridgehead atoms. The van der Waals surface area contributed by atoms with E-state index in [1.165, 1.54) is 0 Å². The zero-order valence-corrected chi connectivity index (χ0v) is 5.79. The molecule has 0 aliphatic rings. The van der Waals surface area contributed by atoms with Crippen LogP contribution in [0.5, 0.6) is 0 Å². The Kier molecular flexibility index (Phi) is 2.31.